The van der Waals surface area contributed by atoms with Gasteiger partial charge in [-0.05, 0) is 12.8 Å². The Kier molecular flexibility index (Phi) is 38.2. The third-order valence-electron chi connectivity index (χ3n) is 11.6. The fourth-order valence-electron chi connectivity index (χ4n) is 7.58. The molecular weight excluding hydrogens is 856 g/mol. The minimum absolute atomic E-state index is 0.0521. The normalized spacial score (nSPS) is 14.0. The average molecular weight is 945 g/mol. The highest BCUT2D eigenvalue weighted by Crippen LogP contribution is 2.43. The second-order valence-corrected chi connectivity index (χ2v) is 19.1. The predicted octanol–water partition coefficient (Wildman–Crippen LogP) is 11.6. The molecule has 65 heavy (non-hydrogen) atoms. The second-order valence-electron chi connectivity index (χ2n) is 17.7. The van der Waals surface area contributed by atoms with Gasteiger partial charge in [0.2, 0.25) is 5.91 Å². The first-order valence-electron chi connectivity index (χ1n) is 25.8. The molecule has 2 N–H and O–H groups in total. The van der Waals surface area contributed by atoms with Crippen molar-refractivity contribution in [1.29, 1.82) is 0 Å². The van der Waals surface area contributed by atoms with Gasteiger partial charge in [0.15, 0.2) is 6.10 Å². The van der Waals surface area contributed by atoms with Gasteiger partial charge in [-0.3, -0.25) is 33.0 Å². The van der Waals surface area contributed by atoms with Crippen LogP contribution in [0.2, 0.25) is 0 Å². The van der Waals surface area contributed by atoms with Crippen LogP contribution in [0.15, 0.2) is 0 Å². The van der Waals surface area contributed by atoms with Crippen LogP contribution in [-0.4, -0.2) is 78.1 Å². The van der Waals surface area contributed by atoms with Gasteiger partial charge in [-0.25, -0.2) is 9.36 Å². The van der Waals surface area contributed by atoms with Gasteiger partial charge in [-0.1, -0.05) is 194 Å². The van der Waals surface area contributed by atoms with Crippen molar-refractivity contribution in [3.63, 3.8) is 0 Å². The van der Waals surface area contributed by atoms with Crippen LogP contribution in [0.1, 0.15) is 245 Å². The molecule has 1 unspecified atom stereocenters. The number of nitrogens with zero attached hydrogens (tertiary/aromatic N) is 1. The second kappa shape index (κ2) is 41.3. The maximum atomic E-state index is 12.8. The van der Waals surface area contributed by atoms with Gasteiger partial charge < -0.3 is 24.5 Å². The number of imide groups is 1. The molecule has 0 aromatic heterocycles. The van der Waals surface area contributed by atoms with Crippen LogP contribution in [0.5, 0.6) is 0 Å². The van der Waals surface area contributed by atoms with Crippen LogP contribution in [0.3, 0.4) is 0 Å². The van der Waals surface area contributed by atoms with E-state index < -0.39 is 69.2 Å². The molecule has 1 heterocycles. The number of phosphoric ester groups is 1. The molecule has 3 amide bonds. The van der Waals surface area contributed by atoms with E-state index in [-0.39, 0.29) is 45.3 Å². The minimum Gasteiger partial charge on any atom is -0.462 e. The highest BCUT2D eigenvalue weighted by atomic mass is 31.2. The zero-order valence-corrected chi connectivity index (χ0v) is 41.5. The van der Waals surface area contributed by atoms with Crippen LogP contribution in [0.25, 0.3) is 0 Å². The van der Waals surface area contributed by atoms with Crippen molar-refractivity contribution in [1.82, 2.24) is 10.4 Å². The summed E-state index contributed by atoms with van der Waals surface area (Å²) in [4.78, 5) is 87.6. The van der Waals surface area contributed by atoms with E-state index in [1.165, 1.54) is 141 Å². The number of unbranched alkanes of at least 4 members (excludes halogenated alkanes) is 28. The van der Waals surface area contributed by atoms with E-state index in [1.54, 1.807) is 0 Å². The lowest BCUT2D eigenvalue weighted by Gasteiger charge is -2.20. The topological polar surface area (TPSA) is 201 Å². The Morgan fingerprint density at radius 3 is 1.37 bits per heavy atom. The monoisotopic (exact) mass is 945 g/mol. The lowest BCUT2D eigenvalue weighted by Crippen LogP contribution is -2.33. The number of phosphoric acid groups is 1. The van der Waals surface area contributed by atoms with Crippen molar-refractivity contribution in [2.24, 2.45) is 0 Å². The highest BCUT2D eigenvalue weighted by molar-refractivity contribution is 7.47. The van der Waals surface area contributed by atoms with Crippen LogP contribution in [0.4, 0.5) is 0 Å². The van der Waals surface area contributed by atoms with Crippen LogP contribution in [0, 0.1) is 0 Å². The van der Waals surface area contributed by atoms with E-state index >= 15 is 0 Å². The summed E-state index contributed by atoms with van der Waals surface area (Å²) >= 11 is 0. The third-order valence-corrected chi connectivity index (χ3v) is 12.5. The average Bonchev–Trinajstić information content (AvgIpc) is 3.60. The Hall–Kier alpha value is -2.87. The molecule has 0 saturated carbocycles. The smallest absolute Gasteiger partial charge is 0.462 e. The fourth-order valence-corrected chi connectivity index (χ4v) is 8.33. The Morgan fingerprint density at radius 2 is 0.938 bits per heavy atom. The molecule has 1 rings (SSSR count). The Morgan fingerprint density at radius 1 is 0.538 bits per heavy atom. The standard InChI is InChI=1S/C49H89N2O13P/c1-3-5-7-9-11-13-15-17-19-21-23-25-27-29-31-33-47(55)60-41-43(63-48(56)34-32-30-28-26-24-22-20-18-16-14-12-10-8-6-4-2)42-62-65(58,59)61-40-39-50-44(52)35-38-49(57)64-51-45(53)36-37-46(51)54/h43H,3-42H2,1-2H3,(H,50,52)(H,58,59)/t43-/m1/s1. The van der Waals surface area contributed by atoms with Gasteiger partial charge in [0.1, 0.15) is 6.61 Å². The van der Waals surface area contributed by atoms with Crippen LogP contribution >= 0.6 is 7.82 Å². The summed E-state index contributed by atoms with van der Waals surface area (Å²) in [6, 6.07) is 0. The Labute approximate surface area is 391 Å². The SMILES string of the molecule is CCCCCCCCCCCCCCCCCC(=O)OC[C@H](COP(=O)(O)OCCNC(=O)CCC(=O)ON1C(=O)CCC1=O)OC(=O)CCCCCCCCCCCCCCCCC. The van der Waals surface area contributed by atoms with Crippen molar-refractivity contribution >= 4 is 43.5 Å². The van der Waals surface area contributed by atoms with E-state index in [2.05, 4.69) is 19.2 Å². The maximum Gasteiger partial charge on any atom is 0.472 e. The number of nitrogens with one attached hydrogen (secondary N) is 1. The minimum atomic E-state index is -4.68. The Bertz CT molecular complexity index is 1320. The highest BCUT2D eigenvalue weighted by Gasteiger charge is 2.33. The summed E-state index contributed by atoms with van der Waals surface area (Å²) in [5.41, 5.74) is 0. The molecule has 0 aliphatic carbocycles. The van der Waals surface area contributed by atoms with E-state index in [4.69, 9.17) is 23.4 Å². The van der Waals surface area contributed by atoms with Gasteiger partial charge in [0.05, 0.1) is 19.6 Å². The van der Waals surface area contributed by atoms with Gasteiger partial charge in [0, 0.05) is 38.6 Å². The van der Waals surface area contributed by atoms with E-state index in [0.29, 0.717) is 17.9 Å². The van der Waals surface area contributed by atoms with Gasteiger partial charge >= 0.3 is 25.7 Å². The number of carbonyl (C=O) groups is 6. The first kappa shape index (κ1) is 60.1. The lowest BCUT2D eigenvalue weighted by atomic mass is 10.0. The summed E-state index contributed by atoms with van der Waals surface area (Å²) in [5, 5.41) is 2.81. The molecule has 2 atom stereocenters. The largest absolute Gasteiger partial charge is 0.472 e. The molecule has 378 valence electrons. The number of hydroxylamine groups is 2. The summed E-state index contributed by atoms with van der Waals surface area (Å²) in [6.45, 7) is 2.93. The molecule has 1 saturated heterocycles. The molecule has 1 fully saturated rings. The summed E-state index contributed by atoms with van der Waals surface area (Å²) in [6.07, 6.45) is 34.6. The molecule has 1 aliphatic heterocycles. The van der Waals surface area contributed by atoms with Crippen molar-refractivity contribution in [2.45, 2.75) is 251 Å². The molecule has 0 spiro atoms. The number of rotatable bonds is 46. The van der Waals surface area contributed by atoms with Crippen LogP contribution < -0.4 is 5.32 Å². The zero-order chi connectivity index (χ0) is 47.6. The maximum absolute atomic E-state index is 12.8. The number of ether oxygens (including phenoxy) is 2. The summed E-state index contributed by atoms with van der Waals surface area (Å²) in [5.74, 6) is -3.78. The molecular formula is C49H89N2O13P. The third kappa shape index (κ3) is 36.9. The molecule has 15 nitrogen and oxygen atoms in total. The molecule has 16 heteroatoms. The predicted molar refractivity (Wildman–Crippen MR) is 251 cm³/mol. The number of hydrogen-bond acceptors (Lipinski definition) is 12. The van der Waals surface area contributed by atoms with Crippen molar-refractivity contribution in [3.8, 4) is 0 Å². The van der Waals surface area contributed by atoms with Crippen LogP contribution in [-0.2, 0) is 56.7 Å². The number of hydrogen-bond donors (Lipinski definition) is 2. The summed E-state index contributed by atoms with van der Waals surface area (Å²) in [7, 11) is -4.68. The lowest BCUT2D eigenvalue weighted by molar-refractivity contribution is -0.197. The summed E-state index contributed by atoms with van der Waals surface area (Å²) < 4.78 is 33.6. The molecule has 0 bridgehead atoms. The van der Waals surface area contributed by atoms with Crippen molar-refractivity contribution in [2.75, 3.05) is 26.4 Å². The van der Waals surface area contributed by atoms with Crippen molar-refractivity contribution in [3.05, 3.63) is 0 Å². The first-order valence-corrected chi connectivity index (χ1v) is 27.3. The first-order chi connectivity index (χ1) is 31.5. The van der Waals surface area contributed by atoms with Gasteiger partial charge in [0.25, 0.3) is 11.8 Å². The van der Waals surface area contributed by atoms with E-state index in [1.807, 2.05) is 0 Å². The van der Waals surface area contributed by atoms with Gasteiger partial charge in [-0.15, -0.1) is 5.06 Å². The molecule has 0 aromatic rings. The van der Waals surface area contributed by atoms with E-state index in [0.717, 1.165) is 38.5 Å². The van der Waals surface area contributed by atoms with E-state index in [9.17, 15) is 38.2 Å². The van der Waals surface area contributed by atoms with Gasteiger partial charge in [-0.2, -0.15) is 0 Å². The zero-order valence-electron chi connectivity index (χ0n) is 40.6. The quantitative estimate of drug-likeness (QED) is 0.0253. The fraction of sp³-hybridized carbons (Fsp3) is 0.878. The number of esters is 2. The number of carbonyl (C=O) groups excluding carboxylic acids is 6. The molecule has 0 aromatic carbocycles. The molecule has 1 aliphatic rings. The number of amides is 3. The Balaban J connectivity index is 2.39. The molecule has 0 radical (unpaired) electrons. The van der Waals surface area contributed by atoms with Crippen molar-refractivity contribution < 1.29 is 61.6 Å².